The lowest BCUT2D eigenvalue weighted by atomic mass is 10.2. The van der Waals surface area contributed by atoms with E-state index in [0.717, 1.165) is 22.6 Å². The molecule has 0 saturated carbocycles. The lowest BCUT2D eigenvalue weighted by Crippen LogP contribution is -2.04. The van der Waals surface area contributed by atoms with Crippen molar-refractivity contribution in [1.29, 1.82) is 0 Å². The van der Waals surface area contributed by atoms with E-state index in [1.807, 2.05) is 13.8 Å². The third-order valence-corrected chi connectivity index (χ3v) is 3.35. The summed E-state index contributed by atoms with van der Waals surface area (Å²) >= 11 is 12.1. The maximum atomic E-state index is 6.13. The smallest absolute Gasteiger partial charge is 0.142 e. The van der Waals surface area contributed by atoms with Crippen molar-refractivity contribution in [2.75, 3.05) is 0 Å². The van der Waals surface area contributed by atoms with Gasteiger partial charge in [-0.1, -0.05) is 28.4 Å². The molecule has 0 bridgehead atoms. The molecule has 0 saturated heterocycles. The molecular weight excluding hydrogens is 287 g/mol. The Morgan fingerprint density at radius 1 is 1.32 bits per heavy atom. The number of hydrogen-bond donors (Lipinski definition) is 1. The minimum absolute atomic E-state index is 0.303. The van der Waals surface area contributed by atoms with Crippen molar-refractivity contribution < 1.29 is 9.26 Å². The Bertz CT molecular complexity index is 577. The Morgan fingerprint density at radius 3 is 2.63 bits per heavy atom. The van der Waals surface area contributed by atoms with Crippen LogP contribution in [0.3, 0.4) is 0 Å². The van der Waals surface area contributed by atoms with Crippen LogP contribution in [-0.2, 0) is 13.2 Å². The van der Waals surface area contributed by atoms with Gasteiger partial charge in [-0.3, -0.25) is 0 Å². The number of hydrogen-bond acceptors (Lipinski definition) is 4. The predicted octanol–water partition coefficient (Wildman–Crippen LogP) is 3.64. The molecule has 1 heterocycles. The fraction of sp³-hybridized carbons (Fsp3) is 0.308. The molecule has 0 aliphatic rings. The molecule has 2 aromatic rings. The number of halogens is 2. The Labute approximate surface area is 121 Å². The number of aryl methyl sites for hydroxylation is 2. The molecule has 0 unspecified atom stereocenters. The number of nitrogens with zero attached hydrogens (tertiary/aromatic N) is 1. The van der Waals surface area contributed by atoms with Crippen LogP contribution in [0.4, 0.5) is 0 Å². The van der Waals surface area contributed by atoms with Crippen molar-refractivity contribution in [3.63, 3.8) is 0 Å². The Balaban J connectivity index is 2.25. The number of nitrogens with two attached hydrogens (primary N) is 1. The largest absolute Gasteiger partial charge is 0.487 e. The van der Waals surface area contributed by atoms with Gasteiger partial charge in [0.1, 0.15) is 18.1 Å². The van der Waals surface area contributed by atoms with E-state index in [1.165, 1.54) is 0 Å². The third-order valence-electron chi connectivity index (χ3n) is 2.85. The molecule has 0 radical (unpaired) electrons. The van der Waals surface area contributed by atoms with E-state index in [1.54, 1.807) is 12.1 Å². The van der Waals surface area contributed by atoms with Gasteiger partial charge in [-0.15, -0.1) is 0 Å². The molecule has 4 nitrogen and oxygen atoms in total. The van der Waals surface area contributed by atoms with Crippen molar-refractivity contribution in [3.8, 4) is 5.75 Å². The SMILES string of the molecule is Cc1noc(C)c1COc1c(Cl)cc(Cl)cc1CN. The highest BCUT2D eigenvalue weighted by Gasteiger charge is 2.13. The first-order valence-electron chi connectivity index (χ1n) is 5.75. The van der Waals surface area contributed by atoms with Gasteiger partial charge in [-0.2, -0.15) is 0 Å². The number of rotatable bonds is 4. The zero-order valence-electron chi connectivity index (χ0n) is 10.7. The zero-order valence-corrected chi connectivity index (χ0v) is 12.2. The van der Waals surface area contributed by atoms with Gasteiger partial charge in [-0.25, -0.2) is 0 Å². The van der Waals surface area contributed by atoms with E-state index >= 15 is 0 Å². The van der Waals surface area contributed by atoms with Gasteiger partial charge in [0, 0.05) is 17.1 Å². The van der Waals surface area contributed by atoms with Gasteiger partial charge >= 0.3 is 0 Å². The fourth-order valence-corrected chi connectivity index (χ4v) is 2.37. The zero-order chi connectivity index (χ0) is 14.0. The molecule has 0 spiro atoms. The van der Waals surface area contributed by atoms with Crippen LogP contribution in [0.5, 0.6) is 5.75 Å². The minimum atomic E-state index is 0.303. The Morgan fingerprint density at radius 2 is 2.05 bits per heavy atom. The normalized spacial score (nSPS) is 10.8. The van der Waals surface area contributed by atoms with Crippen LogP contribution in [0.1, 0.15) is 22.6 Å². The van der Waals surface area contributed by atoms with E-state index < -0.39 is 0 Å². The molecule has 19 heavy (non-hydrogen) atoms. The van der Waals surface area contributed by atoms with Gasteiger partial charge in [-0.05, 0) is 26.0 Å². The second-order valence-electron chi connectivity index (χ2n) is 4.17. The van der Waals surface area contributed by atoms with Gasteiger partial charge < -0.3 is 15.0 Å². The molecule has 2 rings (SSSR count). The van der Waals surface area contributed by atoms with Crippen LogP contribution >= 0.6 is 23.2 Å². The van der Waals surface area contributed by atoms with Gasteiger partial charge in [0.05, 0.1) is 16.3 Å². The highest BCUT2D eigenvalue weighted by Crippen LogP contribution is 2.33. The summed E-state index contributed by atoms with van der Waals surface area (Å²) in [4.78, 5) is 0. The van der Waals surface area contributed by atoms with E-state index in [0.29, 0.717) is 28.9 Å². The Hall–Kier alpha value is -1.23. The van der Waals surface area contributed by atoms with Crippen molar-refractivity contribution in [1.82, 2.24) is 5.16 Å². The lowest BCUT2D eigenvalue weighted by molar-refractivity contribution is 0.299. The molecule has 0 atom stereocenters. The van der Waals surface area contributed by atoms with Crippen LogP contribution in [0.2, 0.25) is 10.0 Å². The second-order valence-corrected chi connectivity index (χ2v) is 5.02. The van der Waals surface area contributed by atoms with Crippen LogP contribution in [0.25, 0.3) is 0 Å². The highest BCUT2D eigenvalue weighted by molar-refractivity contribution is 6.35. The maximum absolute atomic E-state index is 6.13. The van der Waals surface area contributed by atoms with E-state index in [2.05, 4.69) is 5.16 Å². The summed E-state index contributed by atoms with van der Waals surface area (Å²) in [5, 5.41) is 4.86. The van der Waals surface area contributed by atoms with Crippen LogP contribution in [0.15, 0.2) is 16.7 Å². The molecule has 0 aliphatic heterocycles. The predicted molar refractivity (Wildman–Crippen MR) is 74.7 cm³/mol. The molecule has 1 aromatic heterocycles. The second kappa shape index (κ2) is 5.82. The van der Waals surface area contributed by atoms with Crippen molar-refractivity contribution in [3.05, 3.63) is 44.8 Å². The summed E-state index contributed by atoms with van der Waals surface area (Å²) in [6, 6.07) is 3.38. The number of ether oxygens (including phenoxy) is 1. The molecular formula is C13H14Cl2N2O2. The highest BCUT2D eigenvalue weighted by atomic mass is 35.5. The maximum Gasteiger partial charge on any atom is 0.142 e. The molecule has 1 aromatic carbocycles. The standard InChI is InChI=1S/C13H14Cl2N2O2/c1-7-11(8(2)19-17-7)6-18-13-9(5-16)3-10(14)4-12(13)15/h3-4H,5-6,16H2,1-2H3. The summed E-state index contributed by atoms with van der Waals surface area (Å²) in [6.45, 7) is 4.33. The van der Waals surface area contributed by atoms with Crippen LogP contribution in [0, 0.1) is 13.8 Å². The third kappa shape index (κ3) is 3.03. The molecule has 2 N–H and O–H groups in total. The summed E-state index contributed by atoms with van der Waals surface area (Å²) < 4.78 is 10.8. The lowest BCUT2D eigenvalue weighted by Gasteiger charge is -2.12. The van der Waals surface area contributed by atoms with Gasteiger partial charge in [0.25, 0.3) is 0 Å². The first-order chi connectivity index (χ1) is 9.02. The average molecular weight is 301 g/mol. The van der Waals surface area contributed by atoms with Crippen LogP contribution in [-0.4, -0.2) is 5.16 Å². The number of aromatic nitrogens is 1. The topological polar surface area (TPSA) is 61.3 Å². The van der Waals surface area contributed by atoms with E-state index in [9.17, 15) is 0 Å². The van der Waals surface area contributed by atoms with Gasteiger partial charge in [0.2, 0.25) is 0 Å². The van der Waals surface area contributed by atoms with E-state index in [4.69, 9.17) is 38.2 Å². The van der Waals surface area contributed by atoms with E-state index in [-0.39, 0.29) is 0 Å². The molecule has 0 fully saturated rings. The van der Waals surface area contributed by atoms with Gasteiger partial charge in [0.15, 0.2) is 0 Å². The molecule has 0 aliphatic carbocycles. The first kappa shape index (κ1) is 14.2. The Kier molecular flexibility index (Phi) is 4.34. The first-order valence-corrected chi connectivity index (χ1v) is 6.51. The average Bonchev–Trinajstić information content (AvgIpc) is 2.67. The van der Waals surface area contributed by atoms with Crippen LogP contribution < -0.4 is 10.5 Å². The summed E-state index contributed by atoms with van der Waals surface area (Å²) in [7, 11) is 0. The summed E-state index contributed by atoms with van der Waals surface area (Å²) in [5.74, 6) is 1.28. The molecule has 0 amide bonds. The fourth-order valence-electron chi connectivity index (χ4n) is 1.78. The van der Waals surface area contributed by atoms with Crippen molar-refractivity contribution in [2.24, 2.45) is 5.73 Å². The van der Waals surface area contributed by atoms with Crippen molar-refractivity contribution in [2.45, 2.75) is 27.0 Å². The minimum Gasteiger partial charge on any atom is -0.487 e. The summed E-state index contributed by atoms with van der Waals surface area (Å²) in [6.07, 6.45) is 0. The number of benzene rings is 1. The molecule has 6 heteroatoms. The van der Waals surface area contributed by atoms with Crippen molar-refractivity contribution >= 4 is 23.2 Å². The monoisotopic (exact) mass is 300 g/mol. The quantitative estimate of drug-likeness (QED) is 0.936. The molecule has 102 valence electrons. The summed E-state index contributed by atoms with van der Waals surface area (Å²) in [5.41, 5.74) is 8.15.